The van der Waals surface area contributed by atoms with Crippen molar-refractivity contribution in [2.45, 2.75) is 44.7 Å². The van der Waals surface area contributed by atoms with E-state index in [-0.39, 0.29) is 23.4 Å². The van der Waals surface area contributed by atoms with E-state index in [0.717, 1.165) is 0 Å². The van der Waals surface area contributed by atoms with Crippen LogP contribution in [0.5, 0.6) is 0 Å². The third-order valence-electron chi connectivity index (χ3n) is 4.81. The molecule has 1 saturated heterocycles. The van der Waals surface area contributed by atoms with Crippen molar-refractivity contribution in [3.63, 3.8) is 0 Å². The maximum absolute atomic E-state index is 13.5. The number of carbonyl (C=O) groups is 1. The first-order valence-electron chi connectivity index (χ1n) is 8.45. The number of nitrogens with zero attached hydrogens (tertiary/aromatic N) is 4. The van der Waals surface area contributed by atoms with E-state index in [4.69, 9.17) is 21.6 Å². The smallest absolute Gasteiger partial charge is 0.404 e. The van der Waals surface area contributed by atoms with Gasteiger partial charge in [0.2, 0.25) is 0 Å². The number of terminal acetylenes is 1. The molecule has 2 aromatic heterocycles. The van der Waals surface area contributed by atoms with Gasteiger partial charge < -0.3 is 15.2 Å². The summed E-state index contributed by atoms with van der Waals surface area (Å²) < 4.78 is 64.5. The summed E-state index contributed by atoms with van der Waals surface area (Å²) >= 11 is 0. The van der Waals surface area contributed by atoms with Gasteiger partial charge >= 0.3 is 18.2 Å². The fourth-order valence-corrected chi connectivity index (χ4v) is 2.78. The number of hydrogen-bond donors (Lipinski definition) is 1. The molecule has 3 rings (SSSR count). The average molecular weight is 415 g/mol. The molecule has 2 atom stereocenters. The molecule has 29 heavy (non-hydrogen) atoms. The first-order chi connectivity index (χ1) is 13.4. The summed E-state index contributed by atoms with van der Waals surface area (Å²) in [6.45, 7) is 0.857. The minimum Gasteiger partial charge on any atom is -0.461 e. The Hall–Kier alpha value is -2.94. The van der Waals surface area contributed by atoms with E-state index < -0.39 is 42.1 Å². The van der Waals surface area contributed by atoms with Crippen LogP contribution in [-0.2, 0) is 14.3 Å². The summed E-state index contributed by atoms with van der Waals surface area (Å²) in [6, 6.07) is 0. The van der Waals surface area contributed by atoms with Crippen LogP contribution in [0, 0.1) is 23.8 Å². The van der Waals surface area contributed by atoms with Crippen LogP contribution < -0.4 is 5.73 Å². The molecule has 156 valence electrons. The normalized spacial score (nSPS) is 22.6. The monoisotopic (exact) mass is 415 g/mol. The zero-order chi connectivity index (χ0) is 21.6. The van der Waals surface area contributed by atoms with Gasteiger partial charge in [0.15, 0.2) is 28.0 Å². The Morgan fingerprint density at radius 2 is 2.17 bits per heavy atom. The quantitative estimate of drug-likeness (QED) is 0.354. The lowest BCUT2D eigenvalue weighted by Gasteiger charge is -2.28. The highest BCUT2D eigenvalue weighted by Gasteiger charge is 2.55. The molecule has 2 aromatic rings. The van der Waals surface area contributed by atoms with E-state index in [0.29, 0.717) is 20.3 Å². The molecule has 0 bridgehead atoms. The molecule has 12 heteroatoms. The number of halogens is 4. The van der Waals surface area contributed by atoms with E-state index in [2.05, 4.69) is 20.9 Å². The molecule has 0 aromatic carbocycles. The Labute approximate surface area is 162 Å². The minimum absolute atomic E-state index is 0.0722. The van der Waals surface area contributed by atoms with Gasteiger partial charge in [-0.3, -0.25) is 9.36 Å². The average Bonchev–Trinajstić information content (AvgIpc) is 3.23. The van der Waals surface area contributed by atoms with Gasteiger partial charge in [-0.05, 0) is 26.7 Å². The Bertz CT molecular complexity index is 997. The number of fused-ring (bicyclic) bond motifs is 1. The molecule has 0 radical (unpaired) electrons. The van der Waals surface area contributed by atoms with Crippen LogP contribution in [0.15, 0.2) is 6.33 Å². The first kappa shape index (κ1) is 20.8. The molecule has 0 spiro atoms. The van der Waals surface area contributed by atoms with Crippen molar-refractivity contribution in [2.75, 3.05) is 12.3 Å². The highest BCUT2D eigenvalue weighted by Crippen LogP contribution is 2.41. The number of nitrogens with two attached hydrogens (primary N) is 1. The summed E-state index contributed by atoms with van der Waals surface area (Å²) in [4.78, 5) is 23.0. The van der Waals surface area contributed by atoms with E-state index in [1.807, 2.05) is 0 Å². The topological polar surface area (TPSA) is 105 Å². The van der Waals surface area contributed by atoms with Gasteiger partial charge in [0.25, 0.3) is 0 Å². The summed E-state index contributed by atoms with van der Waals surface area (Å²) in [5.41, 5.74) is 1.70. The molecule has 2 unspecified atom stereocenters. The Balaban J connectivity index is 1.78. The lowest BCUT2D eigenvalue weighted by Crippen LogP contribution is -2.43. The van der Waals surface area contributed by atoms with Crippen LogP contribution >= 0.6 is 0 Å². The predicted octanol–water partition coefficient (Wildman–Crippen LogP) is 2.36. The maximum atomic E-state index is 13.5. The van der Waals surface area contributed by atoms with E-state index in [1.165, 1.54) is 10.9 Å². The van der Waals surface area contributed by atoms with Gasteiger partial charge in [0.05, 0.1) is 6.33 Å². The van der Waals surface area contributed by atoms with Gasteiger partial charge in [0, 0.05) is 0 Å². The van der Waals surface area contributed by atoms with Crippen LogP contribution in [-0.4, -0.2) is 43.9 Å². The third-order valence-corrected chi connectivity index (χ3v) is 4.81. The molecule has 8 nitrogen and oxygen atoms in total. The molecular weight excluding hydrogens is 398 g/mol. The second kappa shape index (κ2) is 6.84. The number of alkyl halides is 3. The second-order valence-corrected chi connectivity index (χ2v) is 7.15. The van der Waals surface area contributed by atoms with Crippen molar-refractivity contribution in [2.24, 2.45) is 5.41 Å². The van der Waals surface area contributed by atoms with Gasteiger partial charge in [-0.2, -0.15) is 27.5 Å². The largest absolute Gasteiger partial charge is 0.461 e. The lowest BCUT2D eigenvalue weighted by atomic mass is 9.93. The van der Waals surface area contributed by atoms with E-state index in [9.17, 15) is 22.4 Å². The molecule has 3 heterocycles. The number of rotatable bonds is 4. The number of ether oxygens (including phenoxy) is 2. The lowest BCUT2D eigenvalue weighted by molar-refractivity contribution is -0.227. The number of nitrogen functional groups attached to an aromatic ring is 1. The first-order valence-corrected chi connectivity index (χ1v) is 8.45. The molecule has 1 aliphatic heterocycles. The Morgan fingerprint density at radius 3 is 2.79 bits per heavy atom. The van der Waals surface area contributed by atoms with Crippen molar-refractivity contribution >= 4 is 23.0 Å². The molecule has 1 fully saturated rings. The Morgan fingerprint density at radius 1 is 1.48 bits per heavy atom. The van der Waals surface area contributed by atoms with Crippen LogP contribution in [0.1, 0.15) is 32.9 Å². The minimum atomic E-state index is -4.79. The number of aromatic nitrogens is 4. The molecular formula is C17H17F4N5O3. The fourth-order valence-electron chi connectivity index (χ4n) is 2.78. The summed E-state index contributed by atoms with van der Waals surface area (Å²) in [5, 5.41) is 0. The maximum Gasteiger partial charge on any atom is 0.404 e. The highest BCUT2D eigenvalue weighted by molar-refractivity contribution is 5.81. The van der Waals surface area contributed by atoms with Gasteiger partial charge in [-0.1, -0.05) is 5.92 Å². The van der Waals surface area contributed by atoms with Crippen LogP contribution in [0.3, 0.4) is 0 Å². The molecule has 0 amide bonds. The summed E-state index contributed by atoms with van der Waals surface area (Å²) in [5.74, 6) is 0.713. The number of esters is 1. The zero-order valence-electron chi connectivity index (χ0n) is 15.5. The van der Waals surface area contributed by atoms with Gasteiger partial charge in [0.1, 0.15) is 12.8 Å². The molecule has 0 saturated carbocycles. The van der Waals surface area contributed by atoms with Crippen molar-refractivity contribution in [1.82, 2.24) is 19.5 Å². The Kier molecular flexibility index (Phi) is 4.90. The zero-order valence-corrected chi connectivity index (χ0v) is 15.5. The van der Waals surface area contributed by atoms with Crippen molar-refractivity contribution in [3.8, 4) is 12.3 Å². The van der Waals surface area contributed by atoms with E-state index in [1.54, 1.807) is 0 Å². The second-order valence-electron chi connectivity index (χ2n) is 7.15. The van der Waals surface area contributed by atoms with Gasteiger partial charge in [-0.25, -0.2) is 4.98 Å². The SMILES string of the molecule is C#CC1(COC(=O)C(C)(C)C(F)(F)F)CCC(n2cnc3c(N)nc(F)nc32)O1. The highest BCUT2D eigenvalue weighted by atomic mass is 19.4. The third kappa shape index (κ3) is 3.57. The standard InChI is InChI=1S/C17H17F4N5O3/c1-4-16(7-28-13(27)15(2,3)17(19,20)21)6-5-9(29-16)26-8-23-10-11(22)24-14(18)25-12(10)26/h1,8-9H,5-7H2,2-3H3,(H2,22,24,25). The van der Waals surface area contributed by atoms with Crippen molar-refractivity contribution < 1.29 is 31.8 Å². The summed E-state index contributed by atoms with van der Waals surface area (Å²) in [6.07, 6.45) is 0.683. The fraction of sp³-hybridized carbons (Fsp3) is 0.529. The number of hydrogen-bond acceptors (Lipinski definition) is 7. The van der Waals surface area contributed by atoms with Crippen LogP contribution in [0.2, 0.25) is 0 Å². The predicted molar refractivity (Wildman–Crippen MR) is 91.4 cm³/mol. The number of anilines is 1. The summed E-state index contributed by atoms with van der Waals surface area (Å²) in [7, 11) is 0. The van der Waals surface area contributed by atoms with E-state index >= 15 is 0 Å². The van der Waals surface area contributed by atoms with Crippen molar-refractivity contribution in [1.29, 1.82) is 0 Å². The molecule has 0 aliphatic carbocycles. The number of imidazole rings is 1. The van der Waals surface area contributed by atoms with Crippen molar-refractivity contribution in [3.05, 3.63) is 12.4 Å². The van der Waals surface area contributed by atoms with Gasteiger partial charge in [-0.15, -0.1) is 6.42 Å². The number of carbonyl (C=O) groups excluding carboxylic acids is 1. The molecule has 2 N–H and O–H groups in total. The molecule has 1 aliphatic rings. The van der Waals surface area contributed by atoms with Crippen LogP contribution in [0.25, 0.3) is 11.2 Å². The van der Waals surface area contributed by atoms with Crippen LogP contribution in [0.4, 0.5) is 23.4 Å².